The number of carboxylic acid groups (broad SMARTS) is 1. The maximum atomic E-state index is 12.4. The molecule has 1 atom stereocenters. The van der Waals surface area contributed by atoms with E-state index in [9.17, 15) is 9.59 Å². The van der Waals surface area contributed by atoms with Crippen LogP contribution in [-0.2, 0) is 4.79 Å². The molecule has 1 aromatic carbocycles. The number of pyridine rings is 1. The minimum absolute atomic E-state index is 0.00282. The first-order valence-electron chi connectivity index (χ1n) is 8.25. The van der Waals surface area contributed by atoms with Gasteiger partial charge in [-0.2, -0.15) is 0 Å². The van der Waals surface area contributed by atoms with Gasteiger partial charge in [-0.15, -0.1) is 5.10 Å². The average Bonchev–Trinajstić information content (AvgIpc) is 3.01. The molecule has 0 saturated heterocycles. The SMILES string of the molecule is Cc1c(C(=O)NC(C)CCC(=O)O)nnn1-c1cccc2cnccc12. The predicted octanol–water partition coefficient (Wildman–Crippen LogP) is 2.11. The molecule has 0 spiro atoms. The number of hydrogen-bond acceptors (Lipinski definition) is 5. The number of amides is 1. The van der Waals surface area contributed by atoms with E-state index in [1.165, 1.54) is 0 Å². The normalized spacial score (nSPS) is 12.1. The van der Waals surface area contributed by atoms with Crippen LogP contribution in [0.3, 0.4) is 0 Å². The van der Waals surface area contributed by atoms with Crippen LogP contribution in [0.4, 0.5) is 0 Å². The second kappa shape index (κ2) is 7.30. The second-order valence-corrected chi connectivity index (χ2v) is 6.12. The molecule has 3 aromatic rings. The standard InChI is InChI=1S/C18H19N5O3/c1-11(6-7-16(24)25)20-18(26)17-12(2)23(22-21-17)15-5-3-4-13-10-19-9-8-14(13)15/h3-5,8-11H,6-7H2,1-2H3,(H,20,26)(H,24,25). The zero-order valence-electron chi connectivity index (χ0n) is 14.5. The van der Waals surface area contributed by atoms with Crippen molar-refractivity contribution >= 4 is 22.6 Å². The summed E-state index contributed by atoms with van der Waals surface area (Å²) < 4.78 is 1.62. The summed E-state index contributed by atoms with van der Waals surface area (Å²) in [6.07, 6.45) is 3.82. The van der Waals surface area contributed by atoms with Gasteiger partial charge in [0.05, 0.1) is 11.4 Å². The average molecular weight is 353 g/mol. The van der Waals surface area contributed by atoms with Crippen molar-refractivity contribution in [2.24, 2.45) is 0 Å². The van der Waals surface area contributed by atoms with Gasteiger partial charge in [0.2, 0.25) is 0 Å². The highest BCUT2D eigenvalue weighted by Crippen LogP contribution is 2.22. The summed E-state index contributed by atoms with van der Waals surface area (Å²) in [7, 11) is 0. The Labute approximate surface area is 149 Å². The summed E-state index contributed by atoms with van der Waals surface area (Å²) in [5.74, 6) is -1.26. The second-order valence-electron chi connectivity index (χ2n) is 6.12. The topological polar surface area (TPSA) is 110 Å². The Morgan fingerprint density at radius 2 is 2.12 bits per heavy atom. The third-order valence-corrected chi connectivity index (χ3v) is 4.16. The Morgan fingerprint density at radius 1 is 1.31 bits per heavy atom. The van der Waals surface area contributed by atoms with E-state index in [0.717, 1.165) is 16.5 Å². The molecule has 0 aliphatic heterocycles. The lowest BCUT2D eigenvalue weighted by atomic mass is 10.1. The van der Waals surface area contributed by atoms with Crippen molar-refractivity contribution in [3.05, 3.63) is 48.0 Å². The lowest BCUT2D eigenvalue weighted by molar-refractivity contribution is -0.137. The fourth-order valence-electron chi connectivity index (χ4n) is 2.76. The first-order valence-corrected chi connectivity index (χ1v) is 8.25. The largest absolute Gasteiger partial charge is 0.481 e. The van der Waals surface area contributed by atoms with Gasteiger partial charge in [0, 0.05) is 35.6 Å². The molecule has 2 heterocycles. The van der Waals surface area contributed by atoms with Crippen LogP contribution in [0.5, 0.6) is 0 Å². The van der Waals surface area contributed by atoms with Gasteiger partial charge in [-0.1, -0.05) is 17.3 Å². The number of nitrogens with zero attached hydrogens (tertiary/aromatic N) is 4. The maximum absolute atomic E-state index is 12.4. The highest BCUT2D eigenvalue weighted by Gasteiger charge is 2.20. The molecule has 26 heavy (non-hydrogen) atoms. The fraction of sp³-hybridized carbons (Fsp3) is 0.278. The van der Waals surface area contributed by atoms with Gasteiger partial charge in [-0.3, -0.25) is 14.6 Å². The molecule has 1 unspecified atom stereocenters. The number of carbonyl (C=O) groups is 2. The van der Waals surface area contributed by atoms with Crippen LogP contribution >= 0.6 is 0 Å². The number of nitrogens with one attached hydrogen (secondary N) is 1. The number of rotatable bonds is 6. The zero-order valence-corrected chi connectivity index (χ0v) is 14.5. The van der Waals surface area contributed by atoms with Crippen LogP contribution in [0.2, 0.25) is 0 Å². The summed E-state index contributed by atoms with van der Waals surface area (Å²) in [5, 5.41) is 21.6. The number of carboxylic acids is 1. The first kappa shape index (κ1) is 17.5. The van der Waals surface area contributed by atoms with Crippen molar-refractivity contribution < 1.29 is 14.7 Å². The van der Waals surface area contributed by atoms with Crippen molar-refractivity contribution in [2.75, 3.05) is 0 Å². The lowest BCUT2D eigenvalue weighted by Crippen LogP contribution is -2.33. The Kier molecular flexibility index (Phi) is 4.92. The molecule has 0 radical (unpaired) electrons. The summed E-state index contributed by atoms with van der Waals surface area (Å²) >= 11 is 0. The van der Waals surface area contributed by atoms with Gasteiger partial charge in [-0.05, 0) is 32.4 Å². The molecule has 0 fully saturated rings. The van der Waals surface area contributed by atoms with Gasteiger partial charge in [0.25, 0.3) is 5.91 Å². The Morgan fingerprint density at radius 3 is 2.88 bits per heavy atom. The van der Waals surface area contributed by atoms with Crippen LogP contribution in [-0.4, -0.2) is 43.0 Å². The highest BCUT2D eigenvalue weighted by molar-refractivity contribution is 5.94. The molecule has 8 heteroatoms. The predicted molar refractivity (Wildman–Crippen MR) is 95.2 cm³/mol. The molecule has 2 aromatic heterocycles. The number of carbonyl (C=O) groups excluding carboxylic acids is 1. The van der Waals surface area contributed by atoms with E-state index in [2.05, 4.69) is 20.6 Å². The van der Waals surface area contributed by atoms with E-state index < -0.39 is 5.97 Å². The number of hydrogen-bond donors (Lipinski definition) is 2. The fourth-order valence-corrected chi connectivity index (χ4v) is 2.76. The molecule has 1 amide bonds. The van der Waals surface area contributed by atoms with E-state index >= 15 is 0 Å². The molecule has 0 bridgehead atoms. The summed E-state index contributed by atoms with van der Waals surface area (Å²) in [6, 6.07) is 7.37. The van der Waals surface area contributed by atoms with E-state index in [0.29, 0.717) is 12.1 Å². The van der Waals surface area contributed by atoms with Crippen molar-refractivity contribution in [1.29, 1.82) is 0 Å². The molecular formula is C18H19N5O3. The van der Waals surface area contributed by atoms with E-state index in [-0.39, 0.29) is 24.1 Å². The number of aliphatic carboxylic acids is 1. The number of fused-ring (bicyclic) bond motifs is 1. The van der Waals surface area contributed by atoms with Gasteiger partial charge in [0.1, 0.15) is 0 Å². The van der Waals surface area contributed by atoms with Crippen LogP contribution in [0.25, 0.3) is 16.5 Å². The van der Waals surface area contributed by atoms with Crippen LogP contribution < -0.4 is 5.32 Å². The van der Waals surface area contributed by atoms with Crippen LogP contribution in [0, 0.1) is 6.92 Å². The molecular weight excluding hydrogens is 334 g/mol. The molecule has 134 valence electrons. The Balaban J connectivity index is 1.86. The van der Waals surface area contributed by atoms with Crippen LogP contribution in [0.15, 0.2) is 36.7 Å². The van der Waals surface area contributed by atoms with Crippen molar-refractivity contribution in [3.8, 4) is 5.69 Å². The lowest BCUT2D eigenvalue weighted by Gasteiger charge is -2.12. The number of aromatic nitrogens is 4. The monoisotopic (exact) mass is 353 g/mol. The smallest absolute Gasteiger partial charge is 0.303 e. The highest BCUT2D eigenvalue weighted by atomic mass is 16.4. The summed E-state index contributed by atoms with van der Waals surface area (Å²) in [6.45, 7) is 3.54. The molecule has 0 saturated carbocycles. The third-order valence-electron chi connectivity index (χ3n) is 4.16. The molecule has 0 aliphatic carbocycles. The summed E-state index contributed by atoms with van der Waals surface area (Å²) in [5.41, 5.74) is 1.64. The van der Waals surface area contributed by atoms with Gasteiger partial charge in [0.15, 0.2) is 5.69 Å². The van der Waals surface area contributed by atoms with E-state index in [1.54, 1.807) is 30.9 Å². The first-order chi connectivity index (χ1) is 12.5. The Bertz CT molecular complexity index is 961. The molecule has 2 N–H and O–H groups in total. The quantitative estimate of drug-likeness (QED) is 0.702. The van der Waals surface area contributed by atoms with E-state index in [1.807, 2.05) is 24.3 Å². The minimum atomic E-state index is -0.890. The third kappa shape index (κ3) is 3.53. The minimum Gasteiger partial charge on any atom is -0.481 e. The number of benzene rings is 1. The van der Waals surface area contributed by atoms with Crippen molar-refractivity contribution in [2.45, 2.75) is 32.7 Å². The van der Waals surface area contributed by atoms with Crippen molar-refractivity contribution in [3.63, 3.8) is 0 Å². The molecule has 3 rings (SSSR count). The molecule has 0 aliphatic rings. The van der Waals surface area contributed by atoms with Gasteiger partial charge < -0.3 is 10.4 Å². The van der Waals surface area contributed by atoms with Crippen molar-refractivity contribution in [1.82, 2.24) is 25.3 Å². The van der Waals surface area contributed by atoms with Gasteiger partial charge in [-0.25, -0.2) is 4.68 Å². The Hall–Kier alpha value is -3.29. The maximum Gasteiger partial charge on any atom is 0.303 e. The molecule has 8 nitrogen and oxygen atoms in total. The zero-order chi connectivity index (χ0) is 18.7. The van der Waals surface area contributed by atoms with Gasteiger partial charge >= 0.3 is 5.97 Å². The van der Waals surface area contributed by atoms with Crippen LogP contribution in [0.1, 0.15) is 35.9 Å². The van der Waals surface area contributed by atoms with E-state index in [4.69, 9.17) is 5.11 Å². The summed E-state index contributed by atoms with van der Waals surface area (Å²) in [4.78, 5) is 27.2.